The Kier molecular flexibility index (Phi) is 5.72. The first kappa shape index (κ1) is 16.2. The third-order valence-corrected chi connectivity index (χ3v) is 4.40. The van der Waals surface area contributed by atoms with Gasteiger partial charge in [0.15, 0.2) is 0 Å². The molecule has 1 aromatic carbocycles. The summed E-state index contributed by atoms with van der Waals surface area (Å²) < 4.78 is 4.71. The lowest BCUT2D eigenvalue weighted by Crippen LogP contribution is -2.30. The number of methoxy groups -OCH3 is 1. The number of amides is 1. The fraction of sp³-hybridized carbons (Fsp3) is 0.294. The molecule has 5 heteroatoms. The van der Waals surface area contributed by atoms with Crippen LogP contribution >= 0.6 is 11.3 Å². The Morgan fingerprint density at radius 3 is 2.50 bits per heavy atom. The standard InChI is InChI=1S/C17H19NO3S/c1-3-12-6-8-13(9-7-12)17(20)18-14(11-16(19)21-2)15-5-4-10-22-15/h4-10,14H,3,11H2,1-2H3,(H,18,20). The number of rotatable bonds is 6. The largest absolute Gasteiger partial charge is 0.469 e. The van der Waals surface area contributed by atoms with Gasteiger partial charge in [0.2, 0.25) is 0 Å². The van der Waals surface area contributed by atoms with Crippen molar-refractivity contribution in [3.8, 4) is 0 Å². The van der Waals surface area contributed by atoms with Crippen LogP contribution in [0.3, 0.4) is 0 Å². The van der Waals surface area contributed by atoms with Crippen molar-refractivity contribution in [2.75, 3.05) is 7.11 Å². The van der Waals surface area contributed by atoms with Crippen molar-refractivity contribution in [3.63, 3.8) is 0 Å². The molecular formula is C17H19NO3S. The lowest BCUT2D eigenvalue weighted by molar-refractivity contribution is -0.141. The third kappa shape index (κ3) is 4.18. The molecule has 0 fully saturated rings. The molecule has 0 bridgehead atoms. The van der Waals surface area contributed by atoms with E-state index < -0.39 is 0 Å². The molecule has 1 unspecified atom stereocenters. The normalized spacial score (nSPS) is 11.7. The van der Waals surface area contributed by atoms with Crippen molar-refractivity contribution in [1.29, 1.82) is 0 Å². The van der Waals surface area contributed by atoms with Crippen LogP contribution in [-0.4, -0.2) is 19.0 Å². The zero-order chi connectivity index (χ0) is 15.9. The minimum atomic E-state index is -0.370. The van der Waals surface area contributed by atoms with Crippen LogP contribution < -0.4 is 5.32 Å². The second-order valence-electron chi connectivity index (χ2n) is 4.87. The molecule has 0 aliphatic carbocycles. The summed E-state index contributed by atoms with van der Waals surface area (Å²) in [5, 5.41) is 4.83. The Hall–Kier alpha value is -2.14. The minimum absolute atomic E-state index is 0.121. The van der Waals surface area contributed by atoms with Crippen molar-refractivity contribution >= 4 is 23.2 Å². The van der Waals surface area contributed by atoms with Gasteiger partial charge in [0.25, 0.3) is 5.91 Å². The van der Waals surface area contributed by atoms with E-state index in [1.807, 2.05) is 29.6 Å². The van der Waals surface area contributed by atoms with Crippen molar-refractivity contribution in [3.05, 3.63) is 57.8 Å². The van der Waals surface area contributed by atoms with Crippen LogP contribution in [0.4, 0.5) is 0 Å². The molecule has 116 valence electrons. The Morgan fingerprint density at radius 2 is 1.95 bits per heavy atom. The molecule has 1 aromatic heterocycles. The van der Waals surface area contributed by atoms with Crippen molar-refractivity contribution in [2.45, 2.75) is 25.8 Å². The number of hydrogen-bond donors (Lipinski definition) is 1. The summed E-state index contributed by atoms with van der Waals surface area (Å²) in [5.41, 5.74) is 1.77. The number of thiophene rings is 1. The van der Waals surface area contributed by atoms with Gasteiger partial charge in [-0.15, -0.1) is 11.3 Å². The lowest BCUT2D eigenvalue weighted by atomic mass is 10.1. The van der Waals surface area contributed by atoms with Gasteiger partial charge >= 0.3 is 5.97 Å². The van der Waals surface area contributed by atoms with E-state index >= 15 is 0 Å². The fourth-order valence-electron chi connectivity index (χ4n) is 2.10. The Bertz CT molecular complexity index is 620. The highest BCUT2D eigenvalue weighted by molar-refractivity contribution is 7.10. The molecule has 1 N–H and O–H groups in total. The van der Waals surface area contributed by atoms with Crippen LogP contribution in [0.15, 0.2) is 41.8 Å². The lowest BCUT2D eigenvalue weighted by Gasteiger charge is -2.16. The minimum Gasteiger partial charge on any atom is -0.469 e. The van der Waals surface area contributed by atoms with Gasteiger partial charge in [-0.1, -0.05) is 25.1 Å². The second-order valence-corrected chi connectivity index (χ2v) is 5.85. The maximum Gasteiger partial charge on any atom is 0.307 e. The number of esters is 1. The second kappa shape index (κ2) is 7.75. The van der Waals surface area contributed by atoms with Crippen molar-refractivity contribution in [2.24, 2.45) is 0 Å². The average molecular weight is 317 g/mol. The van der Waals surface area contributed by atoms with Crippen LogP contribution in [0.1, 0.15) is 40.2 Å². The highest BCUT2D eigenvalue weighted by Gasteiger charge is 2.20. The predicted octanol–water partition coefficient (Wildman–Crippen LogP) is 3.34. The molecule has 1 heterocycles. The van der Waals surface area contributed by atoms with Crippen LogP contribution in [0, 0.1) is 0 Å². The topological polar surface area (TPSA) is 55.4 Å². The van der Waals surface area contributed by atoms with E-state index in [0.717, 1.165) is 11.3 Å². The number of nitrogens with one attached hydrogen (secondary N) is 1. The molecule has 0 saturated carbocycles. The van der Waals surface area contributed by atoms with Crippen LogP contribution in [0.2, 0.25) is 0 Å². The maximum absolute atomic E-state index is 12.4. The first-order chi connectivity index (χ1) is 10.6. The molecule has 2 aromatic rings. The summed E-state index contributed by atoms with van der Waals surface area (Å²) in [6, 6.07) is 10.9. The van der Waals surface area contributed by atoms with Gasteiger partial charge in [-0.05, 0) is 35.6 Å². The quantitative estimate of drug-likeness (QED) is 0.831. The van der Waals surface area contributed by atoms with Gasteiger partial charge in [0.1, 0.15) is 0 Å². The summed E-state index contributed by atoms with van der Waals surface area (Å²) in [7, 11) is 1.35. The fourth-order valence-corrected chi connectivity index (χ4v) is 2.87. The molecule has 0 radical (unpaired) electrons. The molecular weight excluding hydrogens is 298 g/mol. The molecule has 1 amide bonds. The monoisotopic (exact) mass is 317 g/mol. The summed E-state index contributed by atoms with van der Waals surface area (Å²) in [5.74, 6) is -0.537. The highest BCUT2D eigenvalue weighted by Crippen LogP contribution is 2.23. The van der Waals surface area contributed by atoms with Gasteiger partial charge in [-0.2, -0.15) is 0 Å². The van der Waals surface area contributed by atoms with E-state index in [-0.39, 0.29) is 24.3 Å². The number of benzene rings is 1. The molecule has 4 nitrogen and oxygen atoms in total. The van der Waals surface area contributed by atoms with Crippen molar-refractivity contribution < 1.29 is 14.3 Å². The van der Waals surface area contributed by atoms with Crippen LogP contribution in [-0.2, 0) is 16.0 Å². The predicted molar refractivity (Wildman–Crippen MR) is 87.0 cm³/mol. The van der Waals surface area contributed by atoms with Gasteiger partial charge in [0.05, 0.1) is 19.6 Å². The molecule has 1 atom stereocenters. The van der Waals surface area contributed by atoms with Crippen molar-refractivity contribution in [1.82, 2.24) is 5.32 Å². The van der Waals surface area contributed by atoms with E-state index in [1.54, 1.807) is 12.1 Å². The van der Waals surface area contributed by atoms with Crippen LogP contribution in [0.5, 0.6) is 0 Å². The summed E-state index contributed by atoms with van der Waals surface area (Å²) >= 11 is 1.50. The molecule has 22 heavy (non-hydrogen) atoms. The van der Waals surface area contributed by atoms with Crippen LogP contribution in [0.25, 0.3) is 0 Å². The van der Waals surface area contributed by atoms with E-state index in [9.17, 15) is 9.59 Å². The number of carbonyl (C=O) groups excluding carboxylic acids is 2. The molecule has 0 spiro atoms. The smallest absolute Gasteiger partial charge is 0.307 e. The zero-order valence-corrected chi connectivity index (χ0v) is 13.5. The molecule has 0 aliphatic heterocycles. The summed E-state index contributed by atoms with van der Waals surface area (Å²) in [6.45, 7) is 2.07. The first-order valence-corrected chi connectivity index (χ1v) is 8.02. The van der Waals surface area contributed by atoms with E-state index in [4.69, 9.17) is 4.74 Å². The van der Waals surface area contributed by atoms with Gasteiger partial charge in [-0.25, -0.2) is 0 Å². The van der Waals surface area contributed by atoms with Gasteiger partial charge in [-0.3, -0.25) is 9.59 Å². The molecule has 0 saturated heterocycles. The van der Waals surface area contributed by atoms with E-state index in [1.165, 1.54) is 24.0 Å². The molecule has 0 aliphatic rings. The number of ether oxygens (including phenoxy) is 1. The summed E-state index contributed by atoms with van der Waals surface area (Å²) in [6.07, 6.45) is 1.05. The first-order valence-electron chi connectivity index (χ1n) is 7.14. The van der Waals surface area contributed by atoms with E-state index in [0.29, 0.717) is 5.56 Å². The number of carbonyl (C=O) groups is 2. The van der Waals surface area contributed by atoms with Gasteiger partial charge in [0, 0.05) is 10.4 Å². The SMILES string of the molecule is CCc1ccc(C(=O)NC(CC(=O)OC)c2cccs2)cc1. The summed E-state index contributed by atoms with van der Waals surface area (Å²) in [4.78, 5) is 24.8. The number of aryl methyl sites for hydroxylation is 1. The third-order valence-electron chi connectivity index (χ3n) is 3.41. The van der Waals surface area contributed by atoms with Gasteiger partial charge < -0.3 is 10.1 Å². The Morgan fingerprint density at radius 1 is 1.23 bits per heavy atom. The average Bonchev–Trinajstić information content (AvgIpc) is 3.08. The maximum atomic E-state index is 12.4. The zero-order valence-electron chi connectivity index (χ0n) is 12.7. The Labute approximate surface area is 134 Å². The van der Waals surface area contributed by atoms with E-state index in [2.05, 4.69) is 12.2 Å². The highest BCUT2D eigenvalue weighted by atomic mass is 32.1. The molecule has 2 rings (SSSR count). The Balaban J connectivity index is 2.11. The number of hydrogen-bond acceptors (Lipinski definition) is 4.